The summed E-state index contributed by atoms with van der Waals surface area (Å²) in [7, 11) is 2.02. The Morgan fingerprint density at radius 3 is 3.27 bits per heavy atom. The standard InChI is InChI=1S/C13H20N2/c1-10(7-9-14-2)12-6-5-11-4-3-8-15-13(11)12/h3-4,8,10,12,14H,5-7,9H2,1-2H3. The molecule has 1 aliphatic carbocycles. The van der Waals surface area contributed by atoms with E-state index in [1.165, 1.54) is 30.5 Å². The second-order valence-corrected chi connectivity index (χ2v) is 4.56. The van der Waals surface area contributed by atoms with Crippen molar-refractivity contribution in [1.29, 1.82) is 0 Å². The zero-order valence-corrected chi connectivity index (χ0v) is 9.66. The second-order valence-electron chi connectivity index (χ2n) is 4.56. The fourth-order valence-corrected chi connectivity index (χ4v) is 2.57. The molecule has 2 rings (SSSR count). The van der Waals surface area contributed by atoms with Crippen LogP contribution in [0, 0.1) is 5.92 Å². The Labute approximate surface area is 92.1 Å². The first-order valence-electron chi connectivity index (χ1n) is 5.91. The summed E-state index contributed by atoms with van der Waals surface area (Å²) in [4.78, 5) is 4.55. The SMILES string of the molecule is CNCCC(C)C1CCc2cccnc21. The number of fused-ring (bicyclic) bond motifs is 1. The van der Waals surface area contributed by atoms with Crippen molar-refractivity contribution >= 4 is 0 Å². The van der Waals surface area contributed by atoms with Crippen molar-refractivity contribution < 1.29 is 0 Å². The molecule has 0 aromatic carbocycles. The summed E-state index contributed by atoms with van der Waals surface area (Å²) in [6, 6.07) is 4.28. The Hall–Kier alpha value is -0.890. The van der Waals surface area contributed by atoms with Crippen LogP contribution in [0.15, 0.2) is 18.3 Å². The van der Waals surface area contributed by atoms with Crippen LogP contribution >= 0.6 is 0 Å². The minimum atomic E-state index is 0.689. The van der Waals surface area contributed by atoms with Gasteiger partial charge in [0.05, 0.1) is 0 Å². The van der Waals surface area contributed by atoms with E-state index in [0.29, 0.717) is 5.92 Å². The van der Waals surface area contributed by atoms with Gasteiger partial charge in [-0.25, -0.2) is 0 Å². The minimum absolute atomic E-state index is 0.689. The Kier molecular flexibility index (Phi) is 3.37. The number of nitrogens with one attached hydrogen (secondary N) is 1. The molecule has 2 unspecified atom stereocenters. The molecule has 1 aromatic heterocycles. The van der Waals surface area contributed by atoms with Gasteiger partial charge >= 0.3 is 0 Å². The van der Waals surface area contributed by atoms with Crippen LogP contribution in [-0.2, 0) is 6.42 Å². The van der Waals surface area contributed by atoms with Gasteiger partial charge in [0.1, 0.15) is 0 Å². The maximum atomic E-state index is 4.55. The lowest BCUT2D eigenvalue weighted by Gasteiger charge is -2.19. The molecule has 15 heavy (non-hydrogen) atoms. The van der Waals surface area contributed by atoms with E-state index in [-0.39, 0.29) is 0 Å². The molecule has 0 spiro atoms. The quantitative estimate of drug-likeness (QED) is 0.814. The second kappa shape index (κ2) is 4.75. The van der Waals surface area contributed by atoms with E-state index in [9.17, 15) is 0 Å². The summed E-state index contributed by atoms with van der Waals surface area (Å²) in [5, 5.41) is 3.23. The van der Waals surface area contributed by atoms with Crippen LogP contribution in [0.3, 0.4) is 0 Å². The van der Waals surface area contributed by atoms with Crippen LogP contribution in [-0.4, -0.2) is 18.6 Å². The molecule has 2 atom stereocenters. The van der Waals surface area contributed by atoms with E-state index >= 15 is 0 Å². The molecule has 0 saturated carbocycles. The number of aryl methyl sites for hydroxylation is 1. The van der Waals surface area contributed by atoms with Gasteiger partial charge in [0.25, 0.3) is 0 Å². The van der Waals surface area contributed by atoms with Gasteiger partial charge in [0.15, 0.2) is 0 Å². The van der Waals surface area contributed by atoms with Gasteiger partial charge in [-0.2, -0.15) is 0 Å². The molecule has 82 valence electrons. The number of rotatable bonds is 4. The van der Waals surface area contributed by atoms with Crippen LogP contribution < -0.4 is 5.32 Å². The molecule has 0 fully saturated rings. The predicted octanol–water partition coefficient (Wildman–Crippen LogP) is 2.36. The smallest absolute Gasteiger partial charge is 0.0469 e. The molecule has 0 amide bonds. The monoisotopic (exact) mass is 204 g/mol. The average Bonchev–Trinajstić information content (AvgIpc) is 2.69. The lowest BCUT2D eigenvalue weighted by molar-refractivity contribution is 0.415. The highest BCUT2D eigenvalue weighted by atomic mass is 14.8. The molecule has 2 heteroatoms. The van der Waals surface area contributed by atoms with Crippen LogP contribution in [0.25, 0.3) is 0 Å². The molecular formula is C13H20N2. The van der Waals surface area contributed by atoms with E-state index in [4.69, 9.17) is 0 Å². The third-order valence-electron chi connectivity index (χ3n) is 3.54. The number of nitrogens with zero attached hydrogens (tertiary/aromatic N) is 1. The number of hydrogen-bond donors (Lipinski definition) is 1. The van der Waals surface area contributed by atoms with Crippen LogP contribution in [0.4, 0.5) is 0 Å². The first-order chi connectivity index (χ1) is 7.33. The summed E-state index contributed by atoms with van der Waals surface area (Å²) in [5.74, 6) is 1.43. The topological polar surface area (TPSA) is 24.9 Å². The molecule has 0 saturated heterocycles. The maximum absolute atomic E-state index is 4.55. The van der Waals surface area contributed by atoms with Gasteiger partial charge in [-0.3, -0.25) is 4.98 Å². The molecule has 1 aliphatic rings. The van der Waals surface area contributed by atoms with Gasteiger partial charge in [0, 0.05) is 17.8 Å². The highest BCUT2D eigenvalue weighted by Crippen LogP contribution is 2.37. The molecule has 2 nitrogen and oxygen atoms in total. The van der Waals surface area contributed by atoms with Gasteiger partial charge < -0.3 is 5.32 Å². The molecule has 1 N–H and O–H groups in total. The van der Waals surface area contributed by atoms with Crippen molar-refractivity contribution in [1.82, 2.24) is 10.3 Å². The fraction of sp³-hybridized carbons (Fsp3) is 0.615. The van der Waals surface area contributed by atoms with E-state index in [2.05, 4.69) is 29.4 Å². The summed E-state index contributed by atoms with van der Waals surface area (Å²) in [5.41, 5.74) is 2.83. The predicted molar refractivity (Wildman–Crippen MR) is 63.0 cm³/mol. The van der Waals surface area contributed by atoms with Crippen molar-refractivity contribution in [2.45, 2.75) is 32.1 Å². The largest absolute Gasteiger partial charge is 0.320 e. The molecule has 1 heterocycles. The average molecular weight is 204 g/mol. The molecule has 0 bridgehead atoms. The Morgan fingerprint density at radius 1 is 1.60 bits per heavy atom. The van der Waals surface area contributed by atoms with Crippen molar-refractivity contribution in [3.63, 3.8) is 0 Å². The highest BCUT2D eigenvalue weighted by Gasteiger charge is 2.27. The van der Waals surface area contributed by atoms with E-state index < -0.39 is 0 Å². The first-order valence-corrected chi connectivity index (χ1v) is 5.91. The molecule has 1 aromatic rings. The van der Waals surface area contributed by atoms with Crippen molar-refractivity contribution in [2.75, 3.05) is 13.6 Å². The van der Waals surface area contributed by atoms with E-state index in [0.717, 1.165) is 12.5 Å². The molecular weight excluding hydrogens is 184 g/mol. The van der Waals surface area contributed by atoms with Gasteiger partial charge in [-0.15, -0.1) is 0 Å². The van der Waals surface area contributed by atoms with Crippen molar-refractivity contribution in [3.8, 4) is 0 Å². The van der Waals surface area contributed by atoms with Gasteiger partial charge in [-0.1, -0.05) is 13.0 Å². The maximum Gasteiger partial charge on any atom is 0.0469 e. The van der Waals surface area contributed by atoms with Crippen molar-refractivity contribution in [3.05, 3.63) is 29.6 Å². The lowest BCUT2D eigenvalue weighted by atomic mass is 9.89. The van der Waals surface area contributed by atoms with Gasteiger partial charge in [0.2, 0.25) is 0 Å². The number of aromatic nitrogens is 1. The minimum Gasteiger partial charge on any atom is -0.320 e. The normalized spacial score (nSPS) is 21.3. The molecule has 0 radical (unpaired) electrons. The van der Waals surface area contributed by atoms with Crippen LogP contribution in [0.5, 0.6) is 0 Å². The van der Waals surface area contributed by atoms with E-state index in [1.807, 2.05) is 13.2 Å². The van der Waals surface area contributed by atoms with Gasteiger partial charge in [-0.05, 0) is 50.4 Å². The number of pyridine rings is 1. The lowest BCUT2D eigenvalue weighted by Crippen LogP contribution is -2.16. The van der Waals surface area contributed by atoms with Crippen molar-refractivity contribution in [2.24, 2.45) is 5.92 Å². The zero-order chi connectivity index (χ0) is 10.7. The number of hydrogen-bond acceptors (Lipinski definition) is 2. The van der Waals surface area contributed by atoms with Crippen LogP contribution in [0.2, 0.25) is 0 Å². The summed E-state index contributed by atoms with van der Waals surface area (Å²) in [6.45, 7) is 3.46. The summed E-state index contributed by atoms with van der Waals surface area (Å²) in [6.07, 6.45) is 5.69. The zero-order valence-electron chi connectivity index (χ0n) is 9.66. The summed E-state index contributed by atoms with van der Waals surface area (Å²) < 4.78 is 0. The first kappa shape index (κ1) is 10.6. The van der Waals surface area contributed by atoms with Crippen LogP contribution in [0.1, 0.15) is 36.9 Å². The third-order valence-corrected chi connectivity index (χ3v) is 3.54. The Balaban J connectivity index is 2.06. The Morgan fingerprint density at radius 2 is 2.47 bits per heavy atom. The van der Waals surface area contributed by atoms with E-state index in [1.54, 1.807) is 0 Å². The highest BCUT2D eigenvalue weighted by molar-refractivity contribution is 5.28. The molecule has 0 aliphatic heterocycles. The Bertz CT molecular complexity index is 322. The fourth-order valence-electron chi connectivity index (χ4n) is 2.57. The summed E-state index contributed by atoms with van der Waals surface area (Å²) >= 11 is 0. The third kappa shape index (κ3) is 2.20.